The monoisotopic (exact) mass is 370 g/mol. The zero-order valence-corrected chi connectivity index (χ0v) is 14.4. The summed E-state index contributed by atoms with van der Waals surface area (Å²) in [6, 6.07) is 1.43. The fourth-order valence-electron chi connectivity index (χ4n) is 3.06. The van der Waals surface area contributed by atoms with Gasteiger partial charge in [0.25, 0.3) is 10.1 Å². The van der Waals surface area contributed by atoms with E-state index in [-0.39, 0.29) is 11.9 Å². The highest BCUT2D eigenvalue weighted by Crippen LogP contribution is 2.35. The van der Waals surface area contributed by atoms with Crippen LogP contribution in [0.15, 0.2) is 20.9 Å². The number of fused-ring (bicyclic) bond motifs is 2. The van der Waals surface area contributed by atoms with E-state index in [4.69, 9.17) is 14.3 Å². The van der Waals surface area contributed by atoms with Crippen LogP contribution < -0.4 is 10.4 Å². The molecule has 3 rings (SSSR count). The minimum absolute atomic E-state index is 0.00698. The molecular weight excluding hydrogens is 352 g/mol. The van der Waals surface area contributed by atoms with Gasteiger partial charge < -0.3 is 14.3 Å². The maximum atomic E-state index is 12.2. The van der Waals surface area contributed by atoms with E-state index in [0.717, 1.165) is 37.5 Å². The molecular formula is C16H18O8S. The van der Waals surface area contributed by atoms with Gasteiger partial charge in [-0.2, -0.15) is 8.42 Å². The lowest BCUT2D eigenvalue weighted by Gasteiger charge is -2.30. The first-order chi connectivity index (χ1) is 11.7. The summed E-state index contributed by atoms with van der Waals surface area (Å²) in [5, 5.41) is 9.11. The average Bonchev–Trinajstić information content (AvgIpc) is 2.51. The Morgan fingerprint density at radius 2 is 2.20 bits per heavy atom. The SMILES string of the molecule is CS(=O)(=O)OC(Cc1cc2c(c(=O)o1)C=C1CCCCC1O2)C(=O)O. The average molecular weight is 370 g/mol. The van der Waals surface area contributed by atoms with Gasteiger partial charge in [0.15, 0.2) is 6.10 Å². The van der Waals surface area contributed by atoms with Gasteiger partial charge in [-0.1, -0.05) is 0 Å². The van der Waals surface area contributed by atoms with Crippen molar-refractivity contribution in [1.29, 1.82) is 0 Å². The Kier molecular flexibility index (Phi) is 4.70. The van der Waals surface area contributed by atoms with Crippen LogP contribution in [0.5, 0.6) is 5.75 Å². The predicted octanol–water partition coefficient (Wildman–Crippen LogP) is 1.33. The van der Waals surface area contributed by atoms with Gasteiger partial charge in [-0.3, -0.25) is 4.18 Å². The lowest BCUT2D eigenvalue weighted by atomic mass is 9.89. The maximum absolute atomic E-state index is 12.2. The van der Waals surface area contributed by atoms with Gasteiger partial charge >= 0.3 is 11.6 Å². The maximum Gasteiger partial charge on any atom is 0.347 e. The molecule has 1 aromatic rings. The Morgan fingerprint density at radius 1 is 1.44 bits per heavy atom. The van der Waals surface area contributed by atoms with Crippen molar-refractivity contribution >= 4 is 22.2 Å². The van der Waals surface area contributed by atoms with Crippen LogP contribution in [0, 0.1) is 0 Å². The number of aliphatic carboxylic acids is 1. The molecule has 25 heavy (non-hydrogen) atoms. The molecule has 1 N–H and O–H groups in total. The van der Waals surface area contributed by atoms with Crippen LogP contribution in [0.4, 0.5) is 0 Å². The van der Waals surface area contributed by atoms with Crippen LogP contribution in [0.25, 0.3) is 6.08 Å². The van der Waals surface area contributed by atoms with Crippen molar-refractivity contribution in [2.45, 2.75) is 44.3 Å². The summed E-state index contributed by atoms with van der Waals surface area (Å²) in [7, 11) is -3.97. The van der Waals surface area contributed by atoms with E-state index in [1.165, 1.54) is 6.07 Å². The molecule has 0 bridgehead atoms. The van der Waals surface area contributed by atoms with E-state index in [1.54, 1.807) is 6.08 Å². The van der Waals surface area contributed by atoms with Crippen LogP contribution in [0.1, 0.15) is 37.0 Å². The van der Waals surface area contributed by atoms with E-state index in [2.05, 4.69) is 4.18 Å². The first-order valence-electron chi connectivity index (χ1n) is 7.88. The smallest absolute Gasteiger partial charge is 0.347 e. The molecule has 0 amide bonds. The van der Waals surface area contributed by atoms with E-state index in [0.29, 0.717) is 11.3 Å². The standard InChI is InChI=1S/C16H18O8S/c1-25(20,21)24-14(15(17)18)8-10-7-13-11(16(19)22-10)6-9-4-2-3-5-12(9)23-13/h6-7,12,14H,2-5,8H2,1H3,(H,17,18). The Labute approximate surface area is 144 Å². The molecule has 8 nitrogen and oxygen atoms in total. The molecule has 0 radical (unpaired) electrons. The Balaban J connectivity index is 1.90. The molecule has 0 spiro atoms. The van der Waals surface area contributed by atoms with Crippen molar-refractivity contribution in [3.8, 4) is 5.75 Å². The van der Waals surface area contributed by atoms with Crippen LogP contribution in [0.2, 0.25) is 0 Å². The highest BCUT2D eigenvalue weighted by molar-refractivity contribution is 7.86. The van der Waals surface area contributed by atoms with Crippen molar-refractivity contribution < 1.29 is 31.7 Å². The second kappa shape index (κ2) is 6.64. The molecule has 1 aromatic heterocycles. The van der Waals surface area contributed by atoms with Gasteiger partial charge in [0.05, 0.1) is 6.26 Å². The first kappa shape index (κ1) is 17.7. The summed E-state index contributed by atoms with van der Waals surface area (Å²) < 4.78 is 37.9. The molecule has 0 aromatic carbocycles. The van der Waals surface area contributed by atoms with Crippen molar-refractivity contribution in [1.82, 2.24) is 0 Å². The van der Waals surface area contributed by atoms with Crippen LogP contribution in [-0.4, -0.2) is 38.0 Å². The molecule has 1 saturated carbocycles. The van der Waals surface area contributed by atoms with E-state index < -0.39 is 34.2 Å². The number of carbonyl (C=O) groups is 1. The molecule has 1 aliphatic heterocycles. The van der Waals surface area contributed by atoms with Gasteiger partial charge in [-0.05, 0) is 37.3 Å². The number of ether oxygens (including phenoxy) is 1. The fourth-order valence-corrected chi connectivity index (χ4v) is 3.63. The quantitative estimate of drug-likeness (QED) is 0.771. The molecule has 2 aliphatic rings. The topological polar surface area (TPSA) is 120 Å². The minimum atomic E-state index is -3.97. The second-order valence-corrected chi connectivity index (χ2v) is 7.78. The lowest BCUT2D eigenvalue weighted by molar-refractivity contribution is -0.145. The van der Waals surface area contributed by atoms with Crippen LogP contribution in [-0.2, 0) is 25.5 Å². The predicted molar refractivity (Wildman–Crippen MR) is 86.9 cm³/mol. The summed E-state index contributed by atoms with van der Waals surface area (Å²) in [4.78, 5) is 23.4. The minimum Gasteiger partial charge on any atom is -0.485 e. The van der Waals surface area contributed by atoms with Crippen molar-refractivity contribution in [2.24, 2.45) is 0 Å². The normalized spacial score (nSPS) is 20.7. The molecule has 9 heteroatoms. The number of carboxylic acids is 1. The summed E-state index contributed by atoms with van der Waals surface area (Å²) in [6.07, 6.45) is 4.17. The summed E-state index contributed by atoms with van der Waals surface area (Å²) in [6.45, 7) is 0. The highest BCUT2D eigenvalue weighted by atomic mass is 32.2. The Hall–Kier alpha value is -2.13. The third kappa shape index (κ3) is 4.10. The number of rotatable bonds is 5. The molecule has 2 heterocycles. The molecule has 1 fully saturated rings. The number of carboxylic acid groups (broad SMARTS) is 1. The molecule has 2 unspecified atom stereocenters. The lowest BCUT2D eigenvalue weighted by Crippen LogP contribution is -2.30. The largest absolute Gasteiger partial charge is 0.485 e. The summed E-state index contributed by atoms with van der Waals surface area (Å²) in [5.41, 5.74) is 0.711. The first-order valence-corrected chi connectivity index (χ1v) is 9.70. The molecule has 2 atom stereocenters. The zero-order valence-electron chi connectivity index (χ0n) is 13.6. The molecule has 136 valence electrons. The summed E-state index contributed by atoms with van der Waals surface area (Å²) >= 11 is 0. The molecule has 1 aliphatic carbocycles. The van der Waals surface area contributed by atoms with Gasteiger partial charge in [0, 0.05) is 12.5 Å². The van der Waals surface area contributed by atoms with Gasteiger partial charge in [-0.25, -0.2) is 9.59 Å². The van der Waals surface area contributed by atoms with Crippen LogP contribution in [0.3, 0.4) is 0 Å². The van der Waals surface area contributed by atoms with E-state index in [1.807, 2.05) is 0 Å². The van der Waals surface area contributed by atoms with Crippen molar-refractivity contribution in [3.05, 3.63) is 33.4 Å². The molecule has 0 saturated heterocycles. The highest BCUT2D eigenvalue weighted by Gasteiger charge is 2.29. The van der Waals surface area contributed by atoms with E-state index in [9.17, 15) is 18.0 Å². The van der Waals surface area contributed by atoms with Crippen molar-refractivity contribution in [3.63, 3.8) is 0 Å². The third-order valence-electron chi connectivity index (χ3n) is 4.15. The Morgan fingerprint density at radius 3 is 2.88 bits per heavy atom. The fraction of sp³-hybridized carbons (Fsp3) is 0.500. The van der Waals surface area contributed by atoms with Crippen molar-refractivity contribution in [2.75, 3.05) is 6.26 Å². The van der Waals surface area contributed by atoms with Gasteiger partial charge in [-0.15, -0.1) is 0 Å². The van der Waals surface area contributed by atoms with Gasteiger partial charge in [0.1, 0.15) is 23.2 Å². The van der Waals surface area contributed by atoms with Crippen LogP contribution >= 0.6 is 0 Å². The Bertz CT molecular complexity index is 880. The van der Waals surface area contributed by atoms with Gasteiger partial charge in [0.2, 0.25) is 0 Å². The van der Waals surface area contributed by atoms with E-state index >= 15 is 0 Å². The number of hydrogen-bond acceptors (Lipinski definition) is 7. The number of hydrogen-bond donors (Lipinski definition) is 1. The third-order valence-corrected chi connectivity index (χ3v) is 4.73. The summed E-state index contributed by atoms with van der Waals surface area (Å²) in [5.74, 6) is -1.15. The second-order valence-electron chi connectivity index (χ2n) is 6.18. The zero-order chi connectivity index (χ0) is 18.2.